The number of aliphatic imine (C=N–C) groups is 1. The van der Waals surface area contributed by atoms with Gasteiger partial charge in [-0.3, -0.25) is 0 Å². The Morgan fingerprint density at radius 3 is 2.58 bits per heavy atom. The van der Waals surface area contributed by atoms with Gasteiger partial charge in [-0.2, -0.15) is 13.2 Å². The maximum absolute atomic E-state index is 14.1. The van der Waals surface area contributed by atoms with E-state index in [4.69, 9.17) is 11.6 Å². The number of rotatable bonds is 6. The van der Waals surface area contributed by atoms with Crippen molar-refractivity contribution in [3.8, 4) is 0 Å². The van der Waals surface area contributed by atoms with Crippen LogP contribution in [0.4, 0.5) is 17.6 Å². The van der Waals surface area contributed by atoms with E-state index in [0.29, 0.717) is 16.4 Å². The van der Waals surface area contributed by atoms with Gasteiger partial charge in [-0.05, 0) is 38.5 Å². The topological polar surface area (TPSA) is 47.4 Å². The predicted molar refractivity (Wildman–Crippen MR) is 86.8 cm³/mol. The van der Waals surface area contributed by atoms with E-state index in [1.165, 1.54) is 24.8 Å². The third kappa shape index (κ3) is 5.79. The summed E-state index contributed by atoms with van der Waals surface area (Å²) in [4.78, 5) is 11.2. The second-order valence-corrected chi connectivity index (χ2v) is 5.66. The summed E-state index contributed by atoms with van der Waals surface area (Å²) in [5, 5.41) is 0.532. The lowest BCUT2D eigenvalue weighted by Crippen LogP contribution is -2.28. The SMILES string of the molecule is C=N/C(O[C@H](C)C(F)(F)F)=C(F)\C=C(/C)c1cc(Cl)nc(SC)n1. The summed E-state index contributed by atoms with van der Waals surface area (Å²) >= 11 is 7.08. The maximum atomic E-state index is 14.1. The van der Waals surface area contributed by atoms with E-state index >= 15 is 0 Å². The molecule has 0 radical (unpaired) electrons. The number of thioether (sulfide) groups is 1. The minimum absolute atomic E-state index is 0.158. The van der Waals surface area contributed by atoms with Crippen molar-refractivity contribution < 1.29 is 22.3 Å². The zero-order valence-electron chi connectivity index (χ0n) is 13.0. The van der Waals surface area contributed by atoms with Gasteiger partial charge in [-0.1, -0.05) is 23.4 Å². The number of nitrogens with zero attached hydrogens (tertiary/aromatic N) is 3. The molecule has 0 N–H and O–H groups in total. The quantitative estimate of drug-likeness (QED) is 0.131. The summed E-state index contributed by atoms with van der Waals surface area (Å²) in [6, 6.07) is 1.40. The molecule has 0 aromatic carbocycles. The first-order chi connectivity index (χ1) is 11.1. The molecule has 4 nitrogen and oxygen atoms in total. The standard InChI is InChI=1S/C14H14ClF4N3OS/c1-7(10-6-11(15)22-13(21-10)24-4)5-9(16)12(20-3)23-8(2)14(17,18)19/h5-6,8H,3H2,1-2,4H3/b7-5+,12-9-/t8-/m1/s1. The highest BCUT2D eigenvalue weighted by molar-refractivity contribution is 7.98. The Hall–Kier alpha value is -1.61. The molecule has 1 aromatic heterocycles. The number of ether oxygens (including phenoxy) is 1. The molecule has 1 aromatic rings. The molecule has 0 fully saturated rings. The number of aromatic nitrogens is 2. The molecule has 0 bridgehead atoms. The summed E-state index contributed by atoms with van der Waals surface area (Å²) in [7, 11) is 0. The second-order valence-electron chi connectivity index (χ2n) is 4.50. The van der Waals surface area contributed by atoms with E-state index in [-0.39, 0.29) is 5.15 Å². The number of alkyl halides is 3. The fourth-order valence-corrected chi connectivity index (χ4v) is 2.03. The van der Waals surface area contributed by atoms with Crippen LogP contribution < -0.4 is 0 Å². The molecule has 1 heterocycles. The van der Waals surface area contributed by atoms with Gasteiger partial charge in [0.1, 0.15) is 5.15 Å². The Kier molecular flexibility index (Phi) is 7.22. The molecular weight excluding hydrogens is 370 g/mol. The Morgan fingerprint density at radius 1 is 1.46 bits per heavy atom. The van der Waals surface area contributed by atoms with Crippen molar-refractivity contribution in [3.63, 3.8) is 0 Å². The minimum atomic E-state index is -4.65. The summed E-state index contributed by atoms with van der Waals surface area (Å²) in [5.74, 6) is -1.97. The molecule has 24 heavy (non-hydrogen) atoms. The van der Waals surface area contributed by atoms with Crippen LogP contribution in [0.5, 0.6) is 0 Å². The van der Waals surface area contributed by atoms with Crippen molar-refractivity contribution >= 4 is 35.7 Å². The van der Waals surface area contributed by atoms with Gasteiger partial charge in [0.2, 0.25) is 5.88 Å². The van der Waals surface area contributed by atoms with Crippen molar-refractivity contribution in [1.29, 1.82) is 0 Å². The summed E-state index contributed by atoms with van der Waals surface area (Å²) in [6.07, 6.45) is -4.20. The van der Waals surface area contributed by atoms with Gasteiger partial charge in [0.05, 0.1) is 5.69 Å². The average Bonchev–Trinajstić information content (AvgIpc) is 2.50. The van der Waals surface area contributed by atoms with Crippen molar-refractivity contribution in [3.05, 3.63) is 34.7 Å². The van der Waals surface area contributed by atoms with Gasteiger partial charge in [-0.25, -0.2) is 19.4 Å². The molecule has 0 amide bonds. The lowest BCUT2D eigenvalue weighted by molar-refractivity contribution is -0.203. The van der Waals surface area contributed by atoms with Gasteiger partial charge in [-0.15, -0.1) is 0 Å². The van der Waals surface area contributed by atoms with E-state index in [0.717, 1.165) is 13.0 Å². The lowest BCUT2D eigenvalue weighted by Gasteiger charge is -2.17. The van der Waals surface area contributed by atoms with Gasteiger partial charge < -0.3 is 4.74 Å². The number of allylic oxidation sites excluding steroid dienone is 3. The van der Waals surface area contributed by atoms with E-state index in [2.05, 4.69) is 26.4 Å². The molecule has 0 spiro atoms. The highest BCUT2D eigenvalue weighted by Gasteiger charge is 2.38. The molecule has 0 saturated carbocycles. The van der Waals surface area contributed by atoms with Crippen molar-refractivity contribution in [1.82, 2.24) is 9.97 Å². The van der Waals surface area contributed by atoms with Crippen molar-refractivity contribution in [2.24, 2.45) is 4.99 Å². The third-order valence-electron chi connectivity index (χ3n) is 2.70. The Labute approximate surface area is 145 Å². The molecule has 0 aliphatic heterocycles. The highest BCUT2D eigenvalue weighted by Crippen LogP contribution is 2.27. The monoisotopic (exact) mass is 383 g/mol. The first-order valence-corrected chi connectivity index (χ1v) is 8.05. The molecule has 1 atom stereocenters. The molecule has 1 rings (SSSR count). The maximum Gasteiger partial charge on any atom is 0.425 e. The van der Waals surface area contributed by atoms with Crippen LogP contribution in [-0.2, 0) is 4.74 Å². The number of hydrogen-bond donors (Lipinski definition) is 0. The Morgan fingerprint density at radius 2 is 2.08 bits per heavy atom. The molecule has 0 aliphatic rings. The zero-order valence-corrected chi connectivity index (χ0v) is 14.6. The second kappa shape index (κ2) is 8.48. The summed E-state index contributed by atoms with van der Waals surface area (Å²) < 4.78 is 56.1. The van der Waals surface area contributed by atoms with Crippen LogP contribution in [0, 0.1) is 0 Å². The van der Waals surface area contributed by atoms with Crippen molar-refractivity contribution in [2.75, 3.05) is 6.26 Å². The molecule has 132 valence electrons. The predicted octanol–water partition coefficient (Wildman–Crippen LogP) is 5.06. The van der Waals surface area contributed by atoms with E-state index in [1.54, 1.807) is 6.26 Å². The highest BCUT2D eigenvalue weighted by atomic mass is 35.5. The van der Waals surface area contributed by atoms with Crippen LogP contribution in [0.1, 0.15) is 19.5 Å². The summed E-state index contributed by atoms with van der Waals surface area (Å²) in [5.41, 5.74) is 0.623. The van der Waals surface area contributed by atoms with E-state index < -0.39 is 24.0 Å². The number of halogens is 5. The number of hydrogen-bond acceptors (Lipinski definition) is 5. The third-order valence-corrected chi connectivity index (χ3v) is 3.44. The lowest BCUT2D eigenvalue weighted by atomic mass is 10.2. The van der Waals surface area contributed by atoms with Crippen molar-refractivity contribution in [2.45, 2.75) is 31.3 Å². The molecule has 0 aliphatic carbocycles. The molecule has 10 heteroatoms. The van der Waals surface area contributed by atoms with Crippen LogP contribution >= 0.6 is 23.4 Å². The fraction of sp³-hybridized carbons (Fsp3) is 0.357. The smallest absolute Gasteiger partial charge is 0.425 e. The normalized spacial score (nSPS) is 14.9. The van der Waals surface area contributed by atoms with Gasteiger partial charge in [0.15, 0.2) is 17.1 Å². The van der Waals surface area contributed by atoms with Crippen LogP contribution in [0.15, 0.2) is 34.0 Å². The first kappa shape index (κ1) is 20.4. The zero-order chi connectivity index (χ0) is 18.5. The van der Waals surface area contributed by atoms with Crippen LogP contribution in [-0.4, -0.2) is 35.2 Å². The van der Waals surface area contributed by atoms with E-state index in [9.17, 15) is 17.6 Å². The molecular formula is C14H14ClF4N3OS. The summed E-state index contributed by atoms with van der Waals surface area (Å²) in [6.45, 7) is 5.27. The van der Waals surface area contributed by atoms with Gasteiger partial charge >= 0.3 is 6.18 Å². The fourth-order valence-electron chi connectivity index (χ4n) is 1.42. The van der Waals surface area contributed by atoms with Crippen LogP contribution in [0.25, 0.3) is 5.57 Å². The largest absolute Gasteiger partial charge is 0.463 e. The van der Waals surface area contributed by atoms with Gasteiger partial charge in [0, 0.05) is 6.07 Å². The van der Waals surface area contributed by atoms with Gasteiger partial charge in [0.25, 0.3) is 0 Å². The molecule has 0 unspecified atom stereocenters. The van der Waals surface area contributed by atoms with E-state index in [1.807, 2.05) is 0 Å². The average molecular weight is 384 g/mol. The minimum Gasteiger partial charge on any atom is -0.463 e. The molecule has 0 saturated heterocycles. The van der Waals surface area contributed by atoms with Crippen LogP contribution in [0.3, 0.4) is 0 Å². The Bertz CT molecular complexity index is 676. The Balaban J connectivity index is 3.15. The van der Waals surface area contributed by atoms with Crippen LogP contribution in [0.2, 0.25) is 5.15 Å². The first-order valence-electron chi connectivity index (χ1n) is 6.45.